The number of aromatic nitrogens is 2. The van der Waals surface area contributed by atoms with Crippen molar-refractivity contribution in [1.82, 2.24) is 19.8 Å². The summed E-state index contributed by atoms with van der Waals surface area (Å²) in [6, 6.07) is 4.98. The maximum atomic E-state index is 14.8. The fourth-order valence-electron chi connectivity index (χ4n) is 5.34. The molecule has 1 aliphatic carbocycles. The Morgan fingerprint density at radius 1 is 1.13 bits per heavy atom. The van der Waals surface area contributed by atoms with Gasteiger partial charge in [0.25, 0.3) is 11.8 Å². The van der Waals surface area contributed by atoms with E-state index in [0.29, 0.717) is 35.9 Å². The molecule has 5 rings (SSSR count). The lowest BCUT2D eigenvalue weighted by Gasteiger charge is -2.32. The summed E-state index contributed by atoms with van der Waals surface area (Å²) in [5.41, 5.74) is 1.28. The first-order chi connectivity index (χ1) is 18.2. The Kier molecular flexibility index (Phi) is 7.08. The molecule has 1 aromatic heterocycles. The first kappa shape index (κ1) is 26.1. The average molecular weight is 530 g/mol. The molecule has 10 nitrogen and oxygen atoms in total. The maximum absolute atomic E-state index is 14.8. The summed E-state index contributed by atoms with van der Waals surface area (Å²) >= 11 is 0. The second-order valence-electron chi connectivity index (χ2n) is 10.2. The number of amides is 2. The molecule has 1 saturated heterocycles. The van der Waals surface area contributed by atoms with E-state index >= 15 is 0 Å². The predicted octanol–water partition coefficient (Wildman–Crippen LogP) is 2.98. The average Bonchev–Trinajstić information content (AvgIpc) is 3.44. The van der Waals surface area contributed by atoms with Crippen molar-refractivity contribution < 1.29 is 23.1 Å². The van der Waals surface area contributed by atoms with E-state index in [1.807, 2.05) is 11.9 Å². The molecule has 3 aliphatic rings. The number of piperazine rings is 1. The number of methoxy groups -OCH3 is 1. The van der Waals surface area contributed by atoms with Crippen molar-refractivity contribution in [2.45, 2.75) is 37.6 Å². The minimum Gasteiger partial charge on any atom is -0.495 e. The highest BCUT2D eigenvalue weighted by Crippen LogP contribution is 2.40. The van der Waals surface area contributed by atoms with Gasteiger partial charge in [0.15, 0.2) is 5.82 Å². The van der Waals surface area contributed by atoms with Gasteiger partial charge in [-0.25, -0.2) is 4.98 Å². The monoisotopic (exact) mass is 529 g/mol. The van der Waals surface area contributed by atoms with Gasteiger partial charge in [-0.2, -0.15) is 13.8 Å². The molecule has 0 atom stereocenters. The van der Waals surface area contributed by atoms with Crippen LogP contribution in [-0.4, -0.2) is 97.5 Å². The largest absolute Gasteiger partial charge is 0.495 e. The van der Waals surface area contributed by atoms with Crippen LogP contribution in [0.5, 0.6) is 5.75 Å². The standard InChI is InChI=1S/C26H33F2N7O3/c1-32-10-12-34(13-11-32)23(36)17-8-9-19(21(14-17)38-3)30-25-29-15-20-22(31-25)35(18-6-4-5-7-18)16-26(27,28)24(37)33(20)2/h8-9,14-15,18H,4-7,10-13,16H2,1-3H3,(H,29,30,31). The minimum atomic E-state index is -3.54. The number of hydrogen-bond acceptors (Lipinski definition) is 8. The number of nitrogens with zero attached hydrogens (tertiary/aromatic N) is 6. The van der Waals surface area contributed by atoms with Crippen LogP contribution < -0.4 is 19.9 Å². The summed E-state index contributed by atoms with van der Waals surface area (Å²) in [4.78, 5) is 40.9. The van der Waals surface area contributed by atoms with Gasteiger partial charge in [0.05, 0.1) is 25.5 Å². The van der Waals surface area contributed by atoms with Crippen LogP contribution in [0.3, 0.4) is 0 Å². The summed E-state index contributed by atoms with van der Waals surface area (Å²) in [6.07, 6.45) is 4.80. The molecule has 2 fully saturated rings. The normalized spacial score (nSPS) is 20.3. The molecule has 38 heavy (non-hydrogen) atoms. The van der Waals surface area contributed by atoms with Crippen LogP contribution in [-0.2, 0) is 4.79 Å². The molecule has 1 saturated carbocycles. The van der Waals surface area contributed by atoms with E-state index in [1.54, 1.807) is 23.1 Å². The molecule has 2 aliphatic heterocycles. The van der Waals surface area contributed by atoms with Gasteiger partial charge in [0.2, 0.25) is 5.95 Å². The predicted molar refractivity (Wildman–Crippen MR) is 140 cm³/mol. The molecule has 0 unspecified atom stereocenters. The first-order valence-corrected chi connectivity index (χ1v) is 12.9. The number of carbonyl (C=O) groups excluding carboxylic acids is 2. The van der Waals surface area contributed by atoms with Crippen LogP contribution in [0, 0.1) is 0 Å². The van der Waals surface area contributed by atoms with E-state index in [2.05, 4.69) is 20.2 Å². The van der Waals surface area contributed by atoms with E-state index in [9.17, 15) is 18.4 Å². The van der Waals surface area contributed by atoms with Gasteiger partial charge in [0, 0.05) is 44.8 Å². The van der Waals surface area contributed by atoms with Crippen LogP contribution >= 0.6 is 0 Å². The smallest absolute Gasteiger partial charge is 0.342 e. The maximum Gasteiger partial charge on any atom is 0.342 e. The van der Waals surface area contributed by atoms with E-state index in [4.69, 9.17) is 4.74 Å². The zero-order chi connectivity index (χ0) is 27.0. The number of rotatable bonds is 5. The number of alkyl halides is 2. The van der Waals surface area contributed by atoms with Crippen molar-refractivity contribution in [2.75, 3.05) is 69.0 Å². The van der Waals surface area contributed by atoms with E-state index in [-0.39, 0.29) is 23.6 Å². The Bertz CT molecular complexity index is 1210. The third-order valence-corrected chi connectivity index (χ3v) is 7.62. The lowest BCUT2D eigenvalue weighted by atomic mass is 10.1. The molecule has 3 heterocycles. The highest BCUT2D eigenvalue weighted by atomic mass is 19.3. The Hall–Kier alpha value is -3.54. The topological polar surface area (TPSA) is 94.1 Å². The Morgan fingerprint density at radius 2 is 1.84 bits per heavy atom. The van der Waals surface area contributed by atoms with Gasteiger partial charge in [-0.1, -0.05) is 12.8 Å². The van der Waals surface area contributed by atoms with Crippen molar-refractivity contribution in [1.29, 1.82) is 0 Å². The zero-order valence-electron chi connectivity index (χ0n) is 21.9. The Morgan fingerprint density at radius 3 is 2.53 bits per heavy atom. The summed E-state index contributed by atoms with van der Waals surface area (Å²) in [5.74, 6) is -3.98. The second kappa shape index (κ2) is 10.3. The van der Waals surface area contributed by atoms with Crippen LogP contribution in [0.15, 0.2) is 24.4 Å². The Labute approximate surface area is 220 Å². The van der Waals surface area contributed by atoms with Gasteiger partial charge < -0.3 is 29.7 Å². The van der Waals surface area contributed by atoms with E-state index in [1.165, 1.54) is 20.4 Å². The molecule has 1 aromatic carbocycles. The molecular formula is C26H33F2N7O3. The highest BCUT2D eigenvalue weighted by Gasteiger charge is 2.48. The van der Waals surface area contributed by atoms with Gasteiger partial charge in [-0.05, 0) is 38.1 Å². The molecule has 12 heteroatoms. The molecular weight excluding hydrogens is 496 g/mol. The molecule has 2 amide bonds. The highest BCUT2D eigenvalue weighted by molar-refractivity contribution is 6.02. The number of benzene rings is 1. The quantitative estimate of drug-likeness (QED) is 0.632. The number of fused-ring (bicyclic) bond motifs is 1. The van der Waals surface area contributed by atoms with Crippen LogP contribution in [0.2, 0.25) is 0 Å². The zero-order valence-corrected chi connectivity index (χ0v) is 21.9. The Balaban J connectivity index is 1.43. The minimum absolute atomic E-state index is 0.0648. The number of halogens is 2. The van der Waals surface area contributed by atoms with Crippen LogP contribution in [0.25, 0.3) is 0 Å². The first-order valence-electron chi connectivity index (χ1n) is 12.9. The van der Waals surface area contributed by atoms with Crippen molar-refractivity contribution in [3.05, 3.63) is 30.0 Å². The molecule has 0 radical (unpaired) electrons. The van der Waals surface area contributed by atoms with Crippen molar-refractivity contribution in [2.24, 2.45) is 0 Å². The molecule has 2 aromatic rings. The van der Waals surface area contributed by atoms with Gasteiger partial charge >= 0.3 is 5.92 Å². The van der Waals surface area contributed by atoms with Crippen LogP contribution in [0.4, 0.5) is 31.9 Å². The van der Waals surface area contributed by atoms with Gasteiger partial charge in [0.1, 0.15) is 11.4 Å². The fraction of sp³-hybridized carbons (Fsp3) is 0.538. The number of carbonyl (C=O) groups is 2. The third kappa shape index (κ3) is 4.96. The van der Waals surface area contributed by atoms with Gasteiger partial charge in [-0.15, -0.1) is 0 Å². The number of anilines is 4. The number of likely N-dealkylation sites (N-methyl/N-ethyl adjacent to an activating group) is 1. The molecule has 0 bridgehead atoms. The van der Waals surface area contributed by atoms with Crippen molar-refractivity contribution in [3.8, 4) is 5.75 Å². The molecule has 0 spiro atoms. The third-order valence-electron chi connectivity index (χ3n) is 7.62. The SMILES string of the molecule is COc1cc(C(=O)N2CCN(C)CC2)ccc1Nc1ncc2c(n1)N(C1CCCC1)CC(F)(F)C(=O)N2C. The number of hydrogen-bond donors (Lipinski definition) is 1. The molecule has 1 N–H and O–H groups in total. The summed E-state index contributed by atoms with van der Waals surface area (Å²) < 4.78 is 35.2. The van der Waals surface area contributed by atoms with E-state index in [0.717, 1.165) is 43.7 Å². The second-order valence-corrected chi connectivity index (χ2v) is 10.2. The van der Waals surface area contributed by atoms with Gasteiger partial charge in [-0.3, -0.25) is 9.59 Å². The van der Waals surface area contributed by atoms with E-state index < -0.39 is 18.4 Å². The van der Waals surface area contributed by atoms with Crippen LogP contribution in [0.1, 0.15) is 36.0 Å². The summed E-state index contributed by atoms with van der Waals surface area (Å²) in [5, 5.41) is 3.11. The molecule has 204 valence electrons. The number of ether oxygens (including phenoxy) is 1. The lowest BCUT2D eigenvalue weighted by Crippen LogP contribution is -2.48. The van der Waals surface area contributed by atoms with Crippen molar-refractivity contribution in [3.63, 3.8) is 0 Å². The fourth-order valence-corrected chi connectivity index (χ4v) is 5.34. The van der Waals surface area contributed by atoms with Crippen molar-refractivity contribution >= 4 is 35.0 Å². The lowest BCUT2D eigenvalue weighted by molar-refractivity contribution is -0.140. The summed E-state index contributed by atoms with van der Waals surface area (Å²) in [6.45, 7) is 2.24. The number of nitrogens with one attached hydrogen (secondary N) is 1. The summed E-state index contributed by atoms with van der Waals surface area (Å²) in [7, 11) is 4.86.